The highest BCUT2D eigenvalue weighted by Gasteiger charge is 2.14. The number of hydrogen-bond acceptors (Lipinski definition) is 3. The van der Waals surface area contributed by atoms with Crippen molar-refractivity contribution in [2.75, 3.05) is 0 Å². The van der Waals surface area contributed by atoms with Crippen LogP contribution < -0.4 is 5.14 Å². The molecule has 82 valence electrons. The minimum absolute atomic E-state index is 0.0156. The molecule has 5 heteroatoms. The zero-order chi connectivity index (χ0) is 11.6. The molecular formula is C10H13NO3S. The number of aryl methyl sites for hydroxylation is 1. The van der Waals surface area contributed by atoms with Gasteiger partial charge in [-0.2, -0.15) is 0 Å². The number of ketones is 1. The molecule has 0 aliphatic rings. The van der Waals surface area contributed by atoms with Crippen molar-refractivity contribution in [3.05, 3.63) is 29.3 Å². The third-order valence-electron chi connectivity index (χ3n) is 2.14. The van der Waals surface area contributed by atoms with E-state index in [2.05, 4.69) is 0 Å². The van der Waals surface area contributed by atoms with Gasteiger partial charge in [0.25, 0.3) is 0 Å². The van der Waals surface area contributed by atoms with Crippen molar-refractivity contribution in [1.29, 1.82) is 0 Å². The highest BCUT2D eigenvalue weighted by Crippen LogP contribution is 2.16. The summed E-state index contributed by atoms with van der Waals surface area (Å²) in [5.74, 6) is -0.0973. The Balaban J connectivity index is 3.36. The first kappa shape index (κ1) is 11.9. The zero-order valence-electron chi connectivity index (χ0n) is 8.65. The lowest BCUT2D eigenvalue weighted by Gasteiger charge is -2.05. The van der Waals surface area contributed by atoms with E-state index >= 15 is 0 Å². The summed E-state index contributed by atoms with van der Waals surface area (Å²) >= 11 is 0. The molecule has 0 saturated carbocycles. The van der Waals surface area contributed by atoms with Gasteiger partial charge in [-0.05, 0) is 18.6 Å². The minimum Gasteiger partial charge on any atom is -0.294 e. The van der Waals surface area contributed by atoms with Crippen LogP contribution in [0.5, 0.6) is 0 Å². The molecule has 0 aromatic heterocycles. The first-order valence-electron chi connectivity index (χ1n) is 4.53. The largest absolute Gasteiger partial charge is 0.294 e. The Bertz CT molecular complexity index is 491. The Morgan fingerprint density at radius 3 is 2.47 bits per heavy atom. The molecule has 2 N–H and O–H groups in total. The van der Waals surface area contributed by atoms with Gasteiger partial charge < -0.3 is 0 Å². The van der Waals surface area contributed by atoms with E-state index in [0.717, 1.165) is 0 Å². The van der Waals surface area contributed by atoms with Gasteiger partial charge in [-0.3, -0.25) is 4.79 Å². The molecule has 0 fully saturated rings. The number of primary sulfonamides is 1. The van der Waals surface area contributed by atoms with Crippen molar-refractivity contribution < 1.29 is 13.2 Å². The van der Waals surface area contributed by atoms with Crippen LogP contribution in [0, 0.1) is 6.92 Å². The number of rotatable bonds is 3. The van der Waals surface area contributed by atoms with E-state index in [4.69, 9.17) is 5.14 Å². The number of sulfonamides is 1. The predicted molar refractivity (Wildman–Crippen MR) is 57.2 cm³/mol. The lowest BCUT2D eigenvalue weighted by molar-refractivity contribution is 0.0988. The average molecular weight is 227 g/mol. The van der Waals surface area contributed by atoms with Crippen molar-refractivity contribution in [2.45, 2.75) is 25.2 Å². The molecule has 0 heterocycles. The summed E-state index contributed by atoms with van der Waals surface area (Å²) in [5.41, 5.74) is 0.928. The van der Waals surface area contributed by atoms with E-state index < -0.39 is 10.0 Å². The van der Waals surface area contributed by atoms with Gasteiger partial charge in [-0.1, -0.05) is 19.1 Å². The normalized spacial score (nSPS) is 11.4. The molecule has 1 rings (SSSR count). The second kappa shape index (κ2) is 4.12. The summed E-state index contributed by atoms with van der Waals surface area (Å²) in [5, 5.41) is 5.03. The van der Waals surface area contributed by atoms with Crippen molar-refractivity contribution in [1.82, 2.24) is 0 Å². The molecule has 0 amide bonds. The molecule has 0 bridgehead atoms. The third kappa shape index (κ3) is 2.64. The Labute approximate surface area is 89.2 Å². The summed E-state index contributed by atoms with van der Waals surface area (Å²) < 4.78 is 22.4. The zero-order valence-corrected chi connectivity index (χ0v) is 9.47. The molecule has 15 heavy (non-hydrogen) atoms. The lowest BCUT2D eigenvalue weighted by Crippen LogP contribution is -2.14. The summed E-state index contributed by atoms with van der Waals surface area (Å²) in [6, 6.07) is 4.52. The van der Waals surface area contributed by atoms with Crippen LogP contribution in [0.3, 0.4) is 0 Å². The van der Waals surface area contributed by atoms with Crippen LogP contribution in [0.15, 0.2) is 23.1 Å². The van der Waals surface area contributed by atoms with Crippen molar-refractivity contribution in [2.24, 2.45) is 5.14 Å². The van der Waals surface area contributed by atoms with Gasteiger partial charge in [-0.25, -0.2) is 13.6 Å². The topological polar surface area (TPSA) is 77.2 Å². The Morgan fingerprint density at radius 2 is 2.00 bits per heavy atom. The van der Waals surface area contributed by atoms with Crippen LogP contribution in [-0.4, -0.2) is 14.2 Å². The summed E-state index contributed by atoms with van der Waals surface area (Å²) in [6.45, 7) is 3.36. The fourth-order valence-corrected chi connectivity index (χ4v) is 2.09. The molecular weight excluding hydrogens is 214 g/mol. The molecule has 0 saturated heterocycles. The fraction of sp³-hybridized carbons (Fsp3) is 0.300. The number of hydrogen-bond donors (Lipinski definition) is 1. The first-order valence-corrected chi connectivity index (χ1v) is 6.07. The average Bonchev–Trinajstić information content (AvgIpc) is 2.15. The Morgan fingerprint density at radius 1 is 1.40 bits per heavy atom. The number of benzene rings is 1. The predicted octanol–water partition coefficient (Wildman–Crippen LogP) is 1.24. The number of nitrogens with two attached hydrogens (primary N) is 1. The summed E-state index contributed by atoms with van der Waals surface area (Å²) in [7, 11) is -3.75. The van der Waals surface area contributed by atoms with E-state index in [1.165, 1.54) is 6.07 Å². The van der Waals surface area contributed by atoms with E-state index in [1.54, 1.807) is 26.0 Å². The Hall–Kier alpha value is -1.20. The second-order valence-electron chi connectivity index (χ2n) is 3.30. The van der Waals surface area contributed by atoms with Crippen LogP contribution in [0.4, 0.5) is 0 Å². The van der Waals surface area contributed by atoms with Crippen LogP contribution in [-0.2, 0) is 10.0 Å². The molecule has 1 aromatic carbocycles. The minimum atomic E-state index is -3.75. The van der Waals surface area contributed by atoms with Gasteiger partial charge in [0.15, 0.2) is 5.78 Å². The standard InChI is InChI=1S/C10H13NO3S/c1-3-9(12)8-5-4-7(2)10(6-8)15(11,13)14/h4-6H,3H2,1-2H3,(H2,11,13,14). The van der Waals surface area contributed by atoms with Crippen LogP contribution in [0.1, 0.15) is 29.3 Å². The van der Waals surface area contributed by atoms with Crippen molar-refractivity contribution in [3.63, 3.8) is 0 Å². The van der Waals surface area contributed by atoms with E-state index in [-0.39, 0.29) is 10.7 Å². The molecule has 1 aromatic rings. The summed E-state index contributed by atoms with van der Waals surface area (Å²) in [4.78, 5) is 11.4. The highest BCUT2D eigenvalue weighted by molar-refractivity contribution is 7.89. The monoisotopic (exact) mass is 227 g/mol. The molecule has 0 aliphatic heterocycles. The number of Topliss-reactive ketones (excluding diaryl/α,β-unsaturated/α-hetero) is 1. The highest BCUT2D eigenvalue weighted by atomic mass is 32.2. The summed E-state index contributed by atoms with van der Waals surface area (Å²) in [6.07, 6.45) is 0.340. The Kier molecular flexibility index (Phi) is 3.26. The molecule has 0 radical (unpaired) electrons. The van der Waals surface area contributed by atoms with E-state index in [1.807, 2.05) is 0 Å². The number of carbonyl (C=O) groups excluding carboxylic acids is 1. The van der Waals surface area contributed by atoms with E-state index in [9.17, 15) is 13.2 Å². The maximum atomic E-state index is 11.4. The van der Waals surface area contributed by atoms with E-state index in [0.29, 0.717) is 17.5 Å². The smallest absolute Gasteiger partial charge is 0.238 e. The maximum Gasteiger partial charge on any atom is 0.238 e. The van der Waals surface area contributed by atoms with Gasteiger partial charge in [0.05, 0.1) is 4.90 Å². The van der Waals surface area contributed by atoms with Gasteiger partial charge in [-0.15, -0.1) is 0 Å². The van der Waals surface area contributed by atoms with Gasteiger partial charge in [0, 0.05) is 12.0 Å². The van der Waals surface area contributed by atoms with Crippen LogP contribution in [0.25, 0.3) is 0 Å². The quantitative estimate of drug-likeness (QED) is 0.789. The molecule has 0 aliphatic carbocycles. The fourth-order valence-electron chi connectivity index (χ4n) is 1.28. The SMILES string of the molecule is CCC(=O)c1ccc(C)c(S(N)(=O)=O)c1. The van der Waals surface area contributed by atoms with Gasteiger partial charge in [0.1, 0.15) is 0 Å². The molecule has 0 atom stereocenters. The van der Waals surface area contributed by atoms with Gasteiger partial charge in [0.2, 0.25) is 10.0 Å². The third-order valence-corrected chi connectivity index (χ3v) is 3.19. The molecule has 0 unspecified atom stereocenters. The van der Waals surface area contributed by atoms with Gasteiger partial charge >= 0.3 is 0 Å². The lowest BCUT2D eigenvalue weighted by atomic mass is 10.1. The van der Waals surface area contributed by atoms with Crippen LogP contribution >= 0.6 is 0 Å². The molecule has 4 nitrogen and oxygen atoms in total. The van der Waals surface area contributed by atoms with Crippen molar-refractivity contribution >= 4 is 15.8 Å². The second-order valence-corrected chi connectivity index (χ2v) is 4.83. The van der Waals surface area contributed by atoms with Crippen molar-refractivity contribution in [3.8, 4) is 0 Å². The molecule has 0 spiro atoms. The number of carbonyl (C=O) groups is 1. The maximum absolute atomic E-state index is 11.4. The van der Waals surface area contributed by atoms with Crippen LogP contribution in [0.2, 0.25) is 0 Å². The first-order chi connectivity index (χ1) is 6.86.